The van der Waals surface area contributed by atoms with Crippen LogP contribution >= 0.6 is 0 Å². The smallest absolute Gasteiger partial charge is 0.229 e. The second-order valence-corrected chi connectivity index (χ2v) is 7.27. The van der Waals surface area contributed by atoms with E-state index in [9.17, 15) is 0 Å². The Bertz CT molecular complexity index is 1400. The summed E-state index contributed by atoms with van der Waals surface area (Å²) in [5.74, 6) is 1.48. The Labute approximate surface area is 171 Å². The molecule has 0 radical (unpaired) electrons. The average molecular weight is 395 g/mol. The van der Waals surface area contributed by atoms with Crippen LogP contribution in [0.15, 0.2) is 55.1 Å². The average Bonchev–Trinajstić information content (AvgIpc) is 3.54. The number of nitrogens with zero attached hydrogens (tertiary/aromatic N) is 7. The first kappa shape index (κ1) is 16.8. The van der Waals surface area contributed by atoms with Crippen molar-refractivity contribution in [3.05, 3.63) is 55.1 Å². The maximum Gasteiger partial charge on any atom is 0.229 e. The quantitative estimate of drug-likeness (QED) is 0.474. The van der Waals surface area contributed by atoms with E-state index < -0.39 is 0 Å². The van der Waals surface area contributed by atoms with Gasteiger partial charge in [0.05, 0.1) is 6.20 Å². The summed E-state index contributed by atoms with van der Waals surface area (Å²) in [6.07, 6.45) is 9.17. The molecule has 146 valence electrons. The highest BCUT2D eigenvalue weighted by Gasteiger charge is 2.30. The predicted molar refractivity (Wildman–Crippen MR) is 114 cm³/mol. The van der Waals surface area contributed by atoms with E-state index in [0.29, 0.717) is 17.7 Å². The lowest BCUT2D eigenvalue weighted by molar-refractivity contribution is 0.763. The first-order chi connectivity index (χ1) is 14.8. The highest BCUT2D eigenvalue weighted by molar-refractivity contribution is 5.94. The molecule has 1 saturated carbocycles. The van der Waals surface area contributed by atoms with Gasteiger partial charge in [-0.1, -0.05) is 12.1 Å². The summed E-state index contributed by atoms with van der Waals surface area (Å²) in [4.78, 5) is 26.5. The second kappa shape index (κ2) is 6.45. The van der Waals surface area contributed by atoms with Crippen LogP contribution in [0.3, 0.4) is 0 Å². The molecule has 1 aliphatic carbocycles. The number of hydrogen-bond donors (Lipinski definition) is 2. The number of anilines is 3. The Kier molecular flexibility index (Phi) is 3.61. The highest BCUT2D eigenvalue weighted by Crippen LogP contribution is 2.40. The summed E-state index contributed by atoms with van der Waals surface area (Å²) in [7, 11) is 0. The number of nitrogen functional groups attached to an aromatic ring is 1. The van der Waals surface area contributed by atoms with Gasteiger partial charge in [-0.25, -0.2) is 19.9 Å². The monoisotopic (exact) mass is 395 g/mol. The lowest BCUT2D eigenvalue weighted by Gasteiger charge is -2.09. The van der Waals surface area contributed by atoms with Crippen molar-refractivity contribution in [2.24, 2.45) is 0 Å². The zero-order valence-electron chi connectivity index (χ0n) is 15.9. The SMILES string of the molecule is Nc1nccc(-c2nc3cnc(Nc4cccc5cnccc45)nc3n2C2CC2)n1. The minimum absolute atomic E-state index is 0.223. The van der Waals surface area contributed by atoms with E-state index in [1.54, 1.807) is 18.6 Å². The first-order valence-corrected chi connectivity index (χ1v) is 9.70. The third-order valence-corrected chi connectivity index (χ3v) is 5.18. The van der Waals surface area contributed by atoms with Gasteiger partial charge >= 0.3 is 0 Å². The fraction of sp³-hybridized carbons (Fsp3) is 0.143. The zero-order chi connectivity index (χ0) is 20.1. The van der Waals surface area contributed by atoms with Gasteiger partial charge in [0.1, 0.15) is 11.2 Å². The summed E-state index contributed by atoms with van der Waals surface area (Å²) >= 11 is 0. The van der Waals surface area contributed by atoms with Gasteiger partial charge in [-0.15, -0.1) is 0 Å². The number of benzene rings is 1. The molecular weight excluding hydrogens is 378 g/mol. The normalized spacial score (nSPS) is 13.7. The number of fused-ring (bicyclic) bond motifs is 2. The van der Waals surface area contributed by atoms with Gasteiger partial charge in [-0.2, -0.15) is 4.98 Å². The number of pyridine rings is 1. The fourth-order valence-corrected chi connectivity index (χ4v) is 3.66. The Morgan fingerprint density at radius 1 is 0.967 bits per heavy atom. The molecule has 0 unspecified atom stereocenters. The van der Waals surface area contributed by atoms with Crippen LogP contribution in [0, 0.1) is 0 Å². The molecule has 0 bridgehead atoms. The van der Waals surface area contributed by atoms with Gasteiger partial charge in [-0.3, -0.25) is 4.98 Å². The van der Waals surface area contributed by atoms with Crippen LogP contribution in [-0.2, 0) is 0 Å². The molecule has 9 heteroatoms. The van der Waals surface area contributed by atoms with Gasteiger partial charge in [0, 0.05) is 41.1 Å². The molecule has 6 rings (SSSR count). The minimum Gasteiger partial charge on any atom is -0.368 e. The topological polar surface area (TPSA) is 120 Å². The van der Waals surface area contributed by atoms with Gasteiger partial charge in [-0.05, 0) is 31.0 Å². The summed E-state index contributed by atoms with van der Waals surface area (Å²) in [5.41, 5.74) is 8.90. The van der Waals surface area contributed by atoms with Crippen molar-refractivity contribution in [3.8, 4) is 11.5 Å². The molecule has 1 fully saturated rings. The fourth-order valence-electron chi connectivity index (χ4n) is 3.66. The Hall–Kier alpha value is -4.14. The van der Waals surface area contributed by atoms with Crippen LogP contribution in [0.4, 0.5) is 17.6 Å². The third kappa shape index (κ3) is 2.79. The third-order valence-electron chi connectivity index (χ3n) is 5.18. The van der Waals surface area contributed by atoms with Gasteiger partial charge < -0.3 is 15.6 Å². The van der Waals surface area contributed by atoms with E-state index in [-0.39, 0.29) is 5.95 Å². The predicted octanol–water partition coefficient (Wildman–Crippen LogP) is 3.49. The number of nitrogens with two attached hydrogens (primary N) is 1. The van der Waals surface area contributed by atoms with Crippen LogP contribution in [-0.4, -0.2) is 34.5 Å². The van der Waals surface area contributed by atoms with E-state index in [2.05, 4.69) is 29.8 Å². The molecule has 9 nitrogen and oxygen atoms in total. The summed E-state index contributed by atoms with van der Waals surface area (Å²) < 4.78 is 2.14. The molecule has 0 aliphatic heterocycles. The van der Waals surface area contributed by atoms with Crippen molar-refractivity contribution in [1.82, 2.24) is 34.5 Å². The maximum atomic E-state index is 5.79. The maximum absolute atomic E-state index is 5.79. The number of nitrogens with one attached hydrogen (secondary N) is 1. The molecule has 0 amide bonds. The molecule has 3 N–H and O–H groups in total. The van der Waals surface area contributed by atoms with E-state index in [4.69, 9.17) is 15.7 Å². The van der Waals surface area contributed by atoms with Gasteiger partial charge in [0.15, 0.2) is 11.5 Å². The largest absolute Gasteiger partial charge is 0.368 e. The van der Waals surface area contributed by atoms with Crippen LogP contribution in [0.1, 0.15) is 18.9 Å². The molecule has 0 saturated heterocycles. The Morgan fingerprint density at radius 2 is 1.90 bits per heavy atom. The Balaban J connectivity index is 1.47. The van der Waals surface area contributed by atoms with Gasteiger partial charge in [0.2, 0.25) is 11.9 Å². The van der Waals surface area contributed by atoms with Crippen molar-refractivity contribution >= 4 is 39.5 Å². The summed E-state index contributed by atoms with van der Waals surface area (Å²) in [6.45, 7) is 0. The summed E-state index contributed by atoms with van der Waals surface area (Å²) in [5, 5.41) is 5.46. The molecular formula is C21H17N9. The molecule has 0 atom stereocenters. The standard InChI is InChI=1S/C21H17N9/c22-20-24-9-7-16(27-20)18-26-17-11-25-21(29-19(17)30(18)13-4-5-13)28-15-3-1-2-12-10-23-8-6-14(12)15/h1-3,6-11,13H,4-5H2,(H2,22,24,27)(H,25,28,29). The van der Waals surface area contributed by atoms with Crippen molar-refractivity contribution in [1.29, 1.82) is 0 Å². The highest BCUT2D eigenvalue weighted by atomic mass is 15.2. The minimum atomic E-state index is 0.223. The lowest BCUT2D eigenvalue weighted by Crippen LogP contribution is -2.03. The first-order valence-electron chi connectivity index (χ1n) is 9.70. The number of imidazole rings is 1. The van der Waals surface area contributed by atoms with Crippen molar-refractivity contribution < 1.29 is 0 Å². The van der Waals surface area contributed by atoms with Crippen LogP contribution in [0.5, 0.6) is 0 Å². The van der Waals surface area contributed by atoms with Crippen molar-refractivity contribution in [2.45, 2.75) is 18.9 Å². The van der Waals surface area contributed by atoms with Gasteiger partial charge in [0.25, 0.3) is 0 Å². The van der Waals surface area contributed by atoms with E-state index in [1.165, 1.54) is 0 Å². The molecule has 1 aliphatic rings. The van der Waals surface area contributed by atoms with Crippen LogP contribution in [0.25, 0.3) is 33.5 Å². The number of aromatic nitrogens is 7. The van der Waals surface area contributed by atoms with E-state index >= 15 is 0 Å². The van der Waals surface area contributed by atoms with E-state index in [1.807, 2.05) is 36.5 Å². The lowest BCUT2D eigenvalue weighted by atomic mass is 10.1. The second-order valence-electron chi connectivity index (χ2n) is 7.27. The van der Waals surface area contributed by atoms with Crippen molar-refractivity contribution in [3.63, 3.8) is 0 Å². The molecule has 4 aromatic heterocycles. The zero-order valence-corrected chi connectivity index (χ0v) is 15.9. The number of hydrogen-bond acceptors (Lipinski definition) is 8. The Morgan fingerprint density at radius 3 is 2.77 bits per heavy atom. The molecule has 1 aromatic carbocycles. The van der Waals surface area contributed by atoms with E-state index in [0.717, 1.165) is 46.3 Å². The van der Waals surface area contributed by atoms with Crippen LogP contribution in [0.2, 0.25) is 0 Å². The molecule has 30 heavy (non-hydrogen) atoms. The van der Waals surface area contributed by atoms with Crippen LogP contribution < -0.4 is 11.1 Å². The summed E-state index contributed by atoms with van der Waals surface area (Å²) in [6, 6.07) is 10.2. The molecule has 4 heterocycles. The number of rotatable bonds is 4. The van der Waals surface area contributed by atoms with Crippen molar-refractivity contribution in [2.75, 3.05) is 11.1 Å². The molecule has 5 aromatic rings. The molecule has 0 spiro atoms.